The molecule has 14 heavy (non-hydrogen) atoms. The molecular weight excluding hydrogens is 181 g/mol. The van der Waals surface area contributed by atoms with Crippen molar-refractivity contribution >= 4 is 5.69 Å². The van der Waals surface area contributed by atoms with E-state index in [1.807, 2.05) is 23.1 Å². The molecule has 0 saturated heterocycles. The van der Waals surface area contributed by atoms with E-state index in [0.29, 0.717) is 5.56 Å². The van der Waals surface area contributed by atoms with E-state index < -0.39 is 0 Å². The third-order valence-electron chi connectivity index (χ3n) is 2.31. The molecule has 0 amide bonds. The van der Waals surface area contributed by atoms with Crippen molar-refractivity contribution in [1.82, 2.24) is 0 Å². The van der Waals surface area contributed by atoms with Crippen LogP contribution in [-0.2, 0) is 6.61 Å². The highest BCUT2D eigenvalue weighted by atomic mass is 19.1. The smallest absolute Gasteiger partial charge is 0.125 e. The van der Waals surface area contributed by atoms with Crippen LogP contribution in [0.5, 0.6) is 0 Å². The van der Waals surface area contributed by atoms with Crippen LogP contribution in [0.4, 0.5) is 10.1 Å². The fraction of sp³-hybridized carbons (Fsp3) is 0.273. The van der Waals surface area contributed by atoms with E-state index >= 15 is 0 Å². The predicted octanol–water partition coefficient (Wildman–Crippen LogP) is 1.69. The molecular formula is C11H12FNO. The molecule has 1 aromatic rings. The first-order valence-electron chi connectivity index (χ1n) is 4.60. The molecule has 0 atom stereocenters. The van der Waals surface area contributed by atoms with Gasteiger partial charge < -0.3 is 10.0 Å². The van der Waals surface area contributed by atoms with Gasteiger partial charge in [0.2, 0.25) is 0 Å². The molecule has 2 nitrogen and oxygen atoms in total. The average molecular weight is 193 g/mol. The van der Waals surface area contributed by atoms with Gasteiger partial charge in [-0.25, -0.2) is 4.39 Å². The molecule has 0 aliphatic carbocycles. The molecule has 0 aromatic heterocycles. The average Bonchev–Trinajstić information content (AvgIpc) is 2.69. The Morgan fingerprint density at radius 3 is 2.57 bits per heavy atom. The van der Waals surface area contributed by atoms with Crippen molar-refractivity contribution in [3.8, 4) is 0 Å². The predicted molar refractivity (Wildman–Crippen MR) is 53.7 cm³/mol. The highest BCUT2D eigenvalue weighted by molar-refractivity contribution is 5.51. The summed E-state index contributed by atoms with van der Waals surface area (Å²) in [4.78, 5) is 2.04. The molecule has 1 aliphatic heterocycles. The minimum Gasteiger partial charge on any atom is -0.392 e. The highest BCUT2D eigenvalue weighted by Crippen LogP contribution is 2.20. The van der Waals surface area contributed by atoms with Gasteiger partial charge in [0.25, 0.3) is 0 Å². The van der Waals surface area contributed by atoms with Crippen LogP contribution in [0.1, 0.15) is 5.56 Å². The maximum atomic E-state index is 13.1. The van der Waals surface area contributed by atoms with Crippen molar-refractivity contribution in [1.29, 1.82) is 0 Å². The number of halogens is 1. The van der Waals surface area contributed by atoms with Gasteiger partial charge in [-0.15, -0.1) is 0 Å². The minimum absolute atomic E-state index is 0.119. The third-order valence-corrected chi connectivity index (χ3v) is 2.31. The number of anilines is 1. The highest BCUT2D eigenvalue weighted by Gasteiger charge is 2.09. The first kappa shape index (κ1) is 9.21. The summed E-state index contributed by atoms with van der Waals surface area (Å²) in [6.45, 7) is 1.51. The molecule has 2 rings (SSSR count). The maximum absolute atomic E-state index is 13.1. The molecule has 0 radical (unpaired) electrons. The monoisotopic (exact) mass is 193 g/mol. The summed E-state index contributed by atoms with van der Waals surface area (Å²) < 4.78 is 13.1. The molecule has 1 N–H and O–H groups in total. The summed E-state index contributed by atoms with van der Waals surface area (Å²) >= 11 is 0. The zero-order valence-corrected chi connectivity index (χ0v) is 7.78. The Kier molecular flexibility index (Phi) is 2.50. The van der Waals surface area contributed by atoms with Crippen LogP contribution in [0.25, 0.3) is 0 Å². The van der Waals surface area contributed by atoms with Crippen molar-refractivity contribution in [2.75, 3.05) is 18.0 Å². The Hall–Kier alpha value is -1.35. The summed E-state index contributed by atoms with van der Waals surface area (Å²) in [5.74, 6) is -0.293. The molecule has 0 bridgehead atoms. The molecule has 0 saturated carbocycles. The van der Waals surface area contributed by atoms with E-state index in [4.69, 9.17) is 5.11 Å². The topological polar surface area (TPSA) is 23.5 Å². The molecule has 3 heteroatoms. The van der Waals surface area contributed by atoms with Crippen LogP contribution in [0.3, 0.4) is 0 Å². The number of aliphatic hydroxyl groups is 1. The Morgan fingerprint density at radius 1 is 1.21 bits per heavy atom. The summed E-state index contributed by atoms with van der Waals surface area (Å²) in [6.07, 6.45) is 4.09. The largest absolute Gasteiger partial charge is 0.392 e. The van der Waals surface area contributed by atoms with E-state index in [1.165, 1.54) is 12.1 Å². The second kappa shape index (κ2) is 3.80. The summed E-state index contributed by atoms with van der Waals surface area (Å²) in [5, 5.41) is 8.93. The molecule has 1 aliphatic rings. The Balaban J connectivity index is 2.28. The van der Waals surface area contributed by atoms with Gasteiger partial charge in [0.15, 0.2) is 0 Å². The summed E-state index contributed by atoms with van der Waals surface area (Å²) in [7, 11) is 0. The normalized spacial score (nSPS) is 15.1. The van der Waals surface area contributed by atoms with Gasteiger partial charge in [-0.1, -0.05) is 12.2 Å². The second-order valence-electron chi connectivity index (χ2n) is 3.35. The first-order chi connectivity index (χ1) is 6.79. The standard InChI is InChI=1S/C11H12FNO/c12-10-5-9(8-14)6-11(7-10)13-3-1-2-4-13/h1-2,5-7,14H,3-4,8H2. The molecule has 1 heterocycles. The van der Waals surface area contributed by atoms with E-state index in [9.17, 15) is 4.39 Å². The van der Waals surface area contributed by atoms with Gasteiger partial charge in [0, 0.05) is 18.8 Å². The zero-order valence-electron chi connectivity index (χ0n) is 7.78. The number of hydrogen-bond acceptors (Lipinski definition) is 2. The van der Waals surface area contributed by atoms with Crippen molar-refractivity contribution in [3.63, 3.8) is 0 Å². The minimum atomic E-state index is -0.293. The fourth-order valence-electron chi connectivity index (χ4n) is 1.60. The number of nitrogens with zero attached hydrogens (tertiary/aromatic N) is 1. The summed E-state index contributed by atoms with van der Waals surface area (Å²) in [6, 6.07) is 4.66. The van der Waals surface area contributed by atoms with E-state index in [-0.39, 0.29) is 12.4 Å². The van der Waals surface area contributed by atoms with Crippen molar-refractivity contribution in [2.45, 2.75) is 6.61 Å². The lowest BCUT2D eigenvalue weighted by molar-refractivity contribution is 0.281. The van der Waals surface area contributed by atoms with Crippen LogP contribution in [0, 0.1) is 5.82 Å². The van der Waals surface area contributed by atoms with Gasteiger partial charge in [0.05, 0.1) is 6.61 Å². The Morgan fingerprint density at radius 2 is 1.93 bits per heavy atom. The quantitative estimate of drug-likeness (QED) is 0.722. The van der Waals surface area contributed by atoms with Crippen LogP contribution in [-0.4, -0.2) is 18.2 Å². The van der Waals surface area contributed by atoms with Gasteiger partial charge in [-0.3, -0.25) is 0 Å². The van der Waals surface area contributed by atoms with Gasteiger partial charge in [0.1, 0.15) is 5.82 Å². The molecule has 1 aromatic carbocycles. The molecule has 0 fully saturated rings. The van der Waals surface area contributed by atoms with Crippen molar-refractivity contribution < 1.29 is 9.50 Å². The van der Waals surface area contributed by atoms with Crippen molar-refractivity contribution in [2.24, 2.45) is 0 Å². The zero-order chi connectivity index (χ0) is 9.97. The van der Waals surface area contributed by atoms with Crippen molar-refractivity contribution in [3.05, 3.63) is 41.7 Å². The molecule has 0 spiro atoms. The number of benzene rings is 1. The third kappa shape index (κ3) is 1.77. The number of rotatable bonds is 2. The number of aliphatic hydroxyl groups excluding tert-OH is 1. The van der Waals surface area contributed by atoms with E-state index in [1.54, 1.807) is 0 Å². The van der Waals surface area contributed by atoms with Crippen LogP contribution in [0.15, 0.2) is 30.4 Å². The SMILES string of the molecule is OCc1cc(F)cc(N2CC=CC2)c1. The fourth-order valence-corrected chi connectivity index (χ4v) is 1.60. The van der Waals surface area contributed by atoms with Gasteiger partial charge >= 0.3 is 0 Å². The Bertz CT molecular complexity index is 354. The van der Waals surface area contributed by atoms with Crippen LogP contribution >= 0.6 is 0 Å². The van der Waals surface area contributed by atoms with Crippen LogP contribution in [0.2, 0.25) is 0 Å². The Labute approximate surface area is 82.3 Å². The lowest BCUT2D eigenvalue weighted by atomic mass is 10.2. The maximum Gasteiger partial charge on any atom is 0.125 e. The molecule has 0 unspecified atom stereocenters. The summed E-state index contributed by atoms with van der Waals surface area (Å²) in [5.41, 5.74) is 1.45. The first-order valence-corrected chi connectivity index (χ1v) is 4.60. The lowest BCUT2D eigenvalue weighted by Crippen LogP contribution is -2.18. The van der Waals surface area contributed by atoms with E-state index in [0.717, 1.165) is 18.8 Å². The molecule has 74 valence electrons. The van der Waals surface area contributed by atoms with Gasteiger partial charge in [-0.2, -0.15) is 0 Å². The second-order valence-corrected chi connectivity index (χ2v) is 3.35. The van der Waals surface area contributed by atoms with E-state index in [2.05, 4.69) is 0 Å². The van der Waals surface area contributed by atoms with Gasteiger partial charge in [-0.05, 0) is 23.8 Å². The van der Waals surface area contributed by atoms with Crippen LogP contribution < -0.4 is 4.90 Å². The lowest BCUT2D eigenvalue weighted by Gasteiger charge is -2.18. The number of hydrogen-bond donors (Lipinski definition) is 1.